The van der Waals surface area contributed by atoms with Gasteiger partial charge in [0.05, 0.1) is 10.5 Å². The predicted molar refractivity (Wildman–Crippen MR) is 86.1 cm³/mol. The van der Waals surface area contributed by atoms with Gasteiger partial charge in [-0.3, -0.25) is 4.79 Å². The van der Waals surface area contributed by atoms with Gasteiger partial charge in [0.1, 0.15) is 5.82 Å². The number of halogens is 3. The van der Waals surface area contributed by atoms with E-state index >= 15 is 0 Å². The molecule has 0 aliphatic heterocycles. The minimum absolute atomic E-state index is 0.164. The van der Waals surface area contributed by atoms with Crippen molar-refractivity contribution < 1.29 is 9.18 Å². The van der Waals surface area contributed by atoms with E-state index in [1.165, 1.54) is 12.1 Å². The number of carbonyl (C=O) groups is 1. The maximum atomic E-state index is 13.5. The highest BCUT2D eigenvalue weighted by atomic mass is 79.9. The van der Waals surface area contributed by atoms with Crippen LogP contribution in [0.15, 0.2) is 46.9 Å². The molecule has 0 fully saturated rings. The van der Waals surface area contributed by atoms with Crippen molar-refractivity contribution in [1.29, 1.82) is 0 Å². The zero-order valence-corrected chi connectivity index (χ0v) is 13.7. The highest BCUT2D eigenvalue weighted by Crippen LogP contribution is 2.22. The summed E-state index contributed by atoms with van der Waals surface area (Å²) < 4.78 is 13.8. The fourth-order valence-electron chi connectivity index (χ4n) is 2.02. The fraction of sp³-hybridized carbons (Fsp3) is 0.188. The fourth-order valence-corrected chi connectivity index (χ4v) is 2.47. The zero-order chi connectivity index (χ0) is 15.4. The Morgan fingerprint density at radius 3 is 2.71 bits per heavy atom. The minimum atomic E-state index is -0.460. The molecule has 0 bridgehead atoms. The van der Waals surface area contributed by atoms with E-state index in [-0.39, 0.29) is 17.5 Å². The van der Waals surface area contributed by atoms with Gasteiger partial charge < -0.3 is 5.32 Å². The third-order valence-corrected chi connectivity index (χ3v) is 4.02. The topological polar surface area (TPSA) is 29.1 Å². The van der Waals surface area contributed by atoms with Gasteiger partial charge in [-0.05, 0) is 58.2 Å². The molecular formula is C16H14BrClFNO. The second-order valence-corrected chi connectivity index (χ2v) is 5.91. The summed E-state index contributed by atoms with van der Waals surface area (Å²) in [5.74, 6) is -0.772. The van der Waals surface area contributed by atoms with Crippen LogP contribution in [0.25, 0.3) is 0 Å². The molecule has 2 aromatic carbocycles. The lowest BCUT2D eigenvalue weighted by molar-refractivity contribution is 0.0935. The molecule has 0 aliphatic carbocycles. The molecule has 110 valence electrons. The summed E-state index contributed by atoms with van der Waals surface area (Å²) in [4.78, 5) is 12.2. The van der Waals surface area contributed by atoms with Crippen molar-refractivity contribution in [2.75, 3.05) is 0 Å². The van der Waals surface area contributed by atoms with E-state index in [4.69, 9.17) is 11.6 Å². The molecule has 2 nitrogen and oxygen atoms in total. The van der Waals surface area contributed by atoms with Crippen LogP contribution in [0.3, 0.4) is 0 Å². The molecular weight excluding hydrogens is 357 g/mol. The van der Waals surface area contributed by atoms with Crippen molar-refractivity contribution >= 4 is 33.4 Å². The van der Waals surface area contributed by atoms with Crippen LogP contribution in [-0.4, -0.2) is 5.91 Å². The lowest BCUT2D eigenvalue weighted by Gasteiger charge is -2.18. The van der Waals surface area contributed by atoms with Gasteiger partial charge in [-0.2, -0.15) is 0 Å². The minimum Gasteiger partial charge on any atom is -0.345 e. The van der Waals surface area contributed by atoms with Crippen LogP contribution >= 0.6 is 27.5 Å². The van der Waals surface area contributed by atoms with Crippen molar-refractivity contribution in [2.24, 2.45) is 0 Å². The van der Waals surface area contributed by atoms with Crippen molar-refractivity contribution in [3.05, 3.63) is 68.9 Å². The molecule has 0 aliphatic rings. The van der Waals surface area contributed by atoms with Crippen molar-refractivity contribution in [2.45, 2.75) is 19.4 Å². The van der Waals surface area contributed by atoms with E-state index in [1.54, 1.807) is 12.1 Å². The molecule has 1 N–H and O–H groups in total. The predicted octanol–water partition coefficient (Wildman–Crippen LogP) is 5.12. The van der Waals surface area contributed by atoms with E-state index in [1.807, 2.05) is 25.1 Å². The van der Waals surface area contributed by atoms with Crippen LogP contribution in [0.1, 0.15) is 35.3 Å². The first kappa shape index (κ1) is 16.0. The number of nitrogens with one attached hydrogen (secondary N) is 1. The summed E-state index contributed by atoms with van der Waals surface area (Å²) in [6.07, 6.45) is 0.713. The van der Waals surface area contributed by atoms with Crippen molar-refractivity contribution in [3.8, 4) is 0 Å². The average molecular weight is 371 g/mol. The van der Waals surface area contributed by atoms with Crippen molar-refractivity contribution in [1.82, 2.24) is 5.32 Å². The van der Waals surface area contributed by atoms with E-state index in [9.17, 15) is 9.18 Å². The Labute approximate surface area is 136 Å². The summed E-state index contributed by atoms with van der Waals surface area (Å²) in [5, 5.41) is 3.51. The third-order valence-electron chi connectivity index (χ3n) is 3.15. The lowest BCUT2D eigenvalue weighted by Crippen LogP contribution is -2.28. The molecule has 5 heteroatoms. The lowest BCUT2D eigenvalue weighted by atomic mass is 10.0. The Balaban J connectivity index is 2.18. The SMILES string of the molecule is CCC(NC(=O)c1ccc(Br)c(F)c1)c1cccc(Cl)c1. The molecule has 0 heterocycles. The largest absolute Gasteiger partial charge is 0.345 e. The first-order valence-corrected chi connectivity index (χ1v) is 7.69. The van der Waals surface area contributed by atoms with Crippen LogP contribution in [0, 0.1) is 5.82 Å². The molecule has 1 amide bonds. The van der Waals surface area contributed by atoms with Gasteiger partial charge in [-0.25, -0.2) is 4.39 Å². The van der Waals surface area contributed by atoms with Gasteiger partial charge in [0.15, 0.2) is 0 Å². The van der Waals surface area contributed by atoms with Crippen LogP contribution in [0.2, 0.25) is 5.02 Å². The number of carbonyl (C=O) groups excluding carboxylic acids is 1. The third kappa shape index (κ3) is 4.05. The van der Waals surface area contributed by atoms with E-state index in [0.29, 0.717) is 15.9 Å². The second kappa shape index (κ2) is 7.05. The second-order valence-electron chi connectivity index (χ2n) is 4.62. The van der Waals surface area contributed by atoms with Gasteiger partial charge in [-0.1, -0.05) is 30.7 Å². The average Bonchev–Trinajstić information content (AvgIpc) is 2.47. The van der Waals surface area contributed by atoms with Crippen LogP contribution in [0.4, 0.5) is 4.39 Å². The van der Waals surface area contributed by atoms with E-state index < -0.39 is 5.82 Å². The molecule has 0 spiro atoms. The van der Waals surface area contributed by atoms with Gasteiger partial charge in [-0.15, -0.1) is 0 Å². The quantitative estimate of drug-likeness (QED) is 0.795. The van der Waals surface area contributed by atoms with Crippen LogP contribution < -0.4 is 5.32 Å². The van der Waals surface area contributed by atoms with Gasteiger partial charge in [0, 0.05) is 10.6 Å². The Hall–Kier alpha value is -1.39. The zero-order valence-electron chi connectivity index (χ0n) is 11.4. The number of hydrogen-bond donors (Lipinski definition) is 1. The Morgan fingerprint density at radius 1 is 1.33 bits per heavy atom. The Kier molecular flexibility index (Phi) is 5.37. The molecule has 1 atom stereocenters. The molecule has 2 rings (SSSR count). The molecule has 21 heavy (non-hydrogen) atoms. The molecule has 1 unspecified atom stereocenters. The summed E-state index contributed by atoms with van der Waals surface area (Å²) in [5.41, 5.74) is 1.21. The number of rotatable bonds is 4. The molecule has 0 aromatic heterocycles. The highest BCUT2D eigenvalue weighted by Gasteiger charge is 2.15. The van der Waals surface area contributed by atoms with Crippen molar-refractivity contribution in [3.63, 3.8) is 0 Å². The smallest absolute Gasteiger partial charge is 0.251 e. The van der Waals surface area contributed by atoms with Crippen LogP contribution in [-0.2, 0) is 0 Å². The van der Waals surface area contributed by atoms with E-state index in [2.05, 4.69) is 21.2 Å². The number of amides is 1. The standard InChI is InChI=1S/C16H14BrClFNO/c1-2-15(10-4-3-5-12(18)8-10)20-16(21)11-6-7-13(17)14(19)9-11/h3-9,15H,2H2,1H3,(H,20,21). The number of hydrogen-bond acceptors (Lipinski definition) is 1. The Bertz CT molecular complexity index is 662. The summed E-state index contributed by atoms with van der Waals surface area (Å²) >= 11 is 9.04. The first-order chi connectivity index (χ1) is 10.0. The summed E-state index contributed by atoms with van der Waals surface area (Å²) in [6.45, 7) is 1.97. The highest BCUT2D eigenvalue weighted by molar-refractivity contribution is 9.10. The van der Waals surface area contributed by atoms with Gasteiger partial charge in [0.25, 0.3) is 5.91 Å². The van der Waals surface area contributed by atoms with Gasteiger partial charge in [0.2, 0.25) is 0 Å². The summed E-state index contributed by atoms with van der Waals surface area (Å²) in [7, 11) is 0. The molecule has 2 aromatic rings. The van der Waals surface area contributed by atoms with Gasteiger partial charge >= 0.3 is 0 Å². The first-order valence-electron chi connectivity index (χ1n) is 6.52. The Morgan fingerprint density at radius 2 is 2.10 bits per heavy atom. The summed E-state index contributed by atoms with van der Waals surface area (Å²) in [6, 6.07) is 11.5. The number of benzene rings is 2. The normalized spacial score (nSPS) is 12.0. The molecule has 0 saturated heterocycles. The molecule has 0 radical (unpaired) electrons. The molecule has 0 saturated carbocycles. The maximum Gasteiger partial charge on any atom is 0.251 e. The van der Waals surface area contributed by atoms with Crippen LogP contribution in [0.5, 0.6) is 0 Å². The monoisotopic (exact) mass is 369 g/mol. The maximum absolute atomic E-state index is 13.5. The van der Waals surface area contributed by atoms with E-state index in [0.717, 1.165) is 5.56 Å².